The van der Waals surface area contributed by atoms with E-state index >= 15 is 0 Å². The van der Waals surface area contributed by atoms with E-state index in [-0.39, 0.29) is 10.8 Å². The molecular formula is C23H30N4O4S. The second-order valence-corrected chi connectivity index (χ2v) is 10.1. The standard InChI is InChI=1S/C23H30N4O4S/c1-18(23(28)25-19-7-9-21(10-8-19)26-13-15-31-16-14-26)24-20-5-4-6-22(17-20)32(29,30)27-11-2-3-12-27/h4-10,17-18,24H,2-3,11-16H2,1H3,(H,25,28)/t18-/m0/s1. The fourth-order valence-electron chi connectivity index (χ4n) is 3.97. The highest BCUT2D eigenvalue weighted by Gasteiger charge is 2.27. The Labute approximate surface area is 189 Å². The molecule has 0 saturated carbocycles. The second kappa shape index (κ2) is 9.89. The van der Waals surface area contributed by atoms with Crippen molar-refractivity contribution in [3.05, 3.63) is 48.5 Å². The van der Waals surface area contributed by atoms with Crippen LogP contribution in [0.4, 0.5) is 17.1 Å². The van der Waals surface area contributed by atoms with E-state index in [1.54, 1.807) is 31.2 Å². The van der Waals surface area contributed by atoms with Crippen LogP contribution in [0.25, 0.3) is 0 Å². The zero-order valence-electron chi connectivity index (χ0n) is 18.3. The Bertz CT molecular complexity index is 1030. The Kier molecular flexibility index (Phi) is 6.98. The van der Waals surface area contributed by atoms with Gasteiger partial charge in [-0.3, -0.25) is 4.79 Å². The van der Waals surface area contributed by atoms with Gasteiger partial charge in [-0.1, -0.05) is 6.07 Å². The predicted molar refractivity (Wildman–Crippen MR) is 126 cm³/mol. The molecule has 2 N–H and O–H groups in total. The first-order valence-electron chi connectivity index (χ1n) is 11.0. The molecule has 0 spiro atoms. The van der Waals surface area contributed by atoms with E-state index in [1.165, 1.54) is 4.31 Å². The van der Waals surface area contributed by atoms with Crippen LogP contribution in [-0.2, 0) is 19.6 Å². The normalized spacial score (nSPS) is 18.3. The highest BCUT2D eigenvalue weighted by atomic mass is 32.2. The van der Waals surface area contributed by atoms with Gasteiger partial charge >= 0.3 is 0 Å². The predicted octanol–water partition coefficient (Wildman–Crippen LogP) is 2.75. The number of ether oxygens (including phenoxy) is 1. The van der Waals surface area contributed by atoms with Crippen molar-refractivity contribution in [1.82, 2.24) is 4.31 Å². The summed E-state index contributed by atoms with van der Waals surface area (Å²) in [5, 5.41) is 6.02. The number of sulfonamides is 1. The summed E-state index contributed by atoms with van der Waals surface area (Å²) < 4.78 is 32.5. The van der Waals surface area contributed by atoms with Gasteiger partial charge in [0.15, 0.2) is 0 Å². The van der Waals surface area contributed by atoms with E-state index in [0.717, 1.165) is 44.8 Å². The highest BCUT2D eigenvalue weighted by molar-refractivity contribution is 7.89. The van der Waals surface area contributed by atoms with Crippen molar-refractivity contribution in [3.63, 3.8) is 0 Å². The molecule has 2 saturated heterocycles. The Balaban J connectivity index is 1.36. The first-order chi connectivity index (χ1) is 15.4. The van der Waals surface area contributed by atoms with Crippen molar-refractivity contribution in [3.8, 4) is 0 Å². The third kappa shape index (κ3) is 5.23. The van der Waals surface area contributed by atoms with Gasteiger partial charge in [-0.2, -0.15) is 4.31 Å². The van der Waals surface area contributed by atoms with Gasteiger partial charge in [-0.05, 0) is 62.2 Å². The number of hydrogen-bond acceptors (Lipinski definition) is 6. The van der Waals surface area contributed by atoms with Crippen molar-refractivity contribution in [1.29, 1.82) is 0 Å². The molecule has 2 aromatic carbocycles. The number of rotatable bonds is 7. The lowest BCUT2D eigenvalue weighted by Gasteiger charge is -2.29. The third-order valence-corrected chi connectivity index (χ3v) is 7.72. The number of nitrogens with one attached hydrogen (secondary N) is 2. The number of hydrogen-bond donors (Lipinski definition) is 2. The average molecular weight is 459 g/mol. The van der Waals surface area contributed by atoms with Gasteiger partial charge in [0.25, 0.3) is 0 Å². The van der Waals surface area contributed by atoms with Gasteiger partial charge in [-0.15, -0.1) is 0 Å². The molecule has 32 heavy (non-hydrogen) atoms. The van der Waals surface area contributed by atoms with Crippen LogP contribution in [0.2, 0.25) is 0 Å². The first kappa shape index (κ1) is 22.6. The lowest BCUT2D eigenvalue weighted by atomic mass is 10.2. The molecule has 2 aliphatic heterocycles. The summed E-state index contributed by atoms with van der Waals surface area (Å²) in [4.78, 5) is 15.2. The molecule has 0 bridgehead atoms. The van der Waals surface area contributed by atoms with E-state index in [0.29, 0.717) is 24.5 Å². The van der Waals surface area contributed by atoms with Gasteiger partial charge in [0, 0.05) is 43.2 Å². The van der Waals surface area contributed by atoms with Gasteiger partial charge in [0.05, 0.1) is 18.1 Å². The Morgan fingerprint density at radius 1 is 0.969 bits per heavy atom. The average Bonchev–Trinajstić information content (AvgIpc) is 3.36. The summed E-state index contributed by atoms with van der Waals surface area (Å²) in [6, 6.07) is 13.9. The summed E-state index contributed by atoms with van der Waals surface area (Å²) in [5.74, 6) is -0.197. The van der Waals surface area contributed by atoms with Gasteiger partial charge in [0.2, 0.25) is 15.9 Å². The lowest BCUT2D eigenvalue weighted by molar-refractivity contribution is -0.116. The van der Waals surface area contributed by atoms with E-state index in [9.17, 15) is 13.2 Å². The maximum atomic E-state index is 12.8. The maximum Gasteiger partial charge on any atom is 0.246 e. The molecular weight excluding hydrogens is 428 g/mol. The van der Waals surface area contributed by atoms with Crippen LogP contribution in [0.5, 0.6) is 0 Å². The van der Waals surface area contributed by atoms with Crippen molar-refractivity contribution in [2.24, 2.45) is 0 Å². The molecule has 2 aromatic rings. The van der Waals surface area contributed by atoms with E-state index in [2.05, 4.69) is 15.5 Å². The molecule has 9 heteroatoms. The molecule has 0 unspecified atom stereocenters. The Morgan fingerprint density at radius 3 is 2.34 bits per heavy atom. The highest BCUT2D eigenvalue weighted by Crippen LogP contribution is 2.24. The zero-order valence-corrected chi connectivity index (χ0v) is 19.1. The minimum Gasteiger partial charge on any atom is -0.378 e. The fraction of sp³-hybridized carbons (Fsp3) is 0.435. The van der Waals surface area contributed by atoms with Gasteiger partial charge < -0.3 is 20.3 Å². The largest absolute Gasteiger partial charge is 0.378 e. The second-order valence-electron chi connectivity index (χ2n) is 8.14. The summed E-state index contributed by atoms with van der Waals surface area (Å²) in [5.41, 5.74) is 2.41. The monoisotopic (exact) mass is 458 g/mol. The number of nitrogens with zero attached hydrogens (tertiary/aromatic N) is 2. The van der Waals surface area contributed by atoms with E-state index in [4.69, 9.17) is 4.74 Å². The summed E-state index contributed by atoms with van der Waals surface area (Å²) in [6.07, 6.45) is 1.78. The van der Waals surface area contributed by atoms with Gasteiger partial charge in [0.1, 0.15) is 6.04 Å². The number of anilines is 3. The molecule has 2 fully saturated rings. The summed E-state index contributed by atoms with van der Waals surface area (Å²) in [7, 11) is -3.50. The van der Waals surface area contributed by atoms with Crippen LogP contribution in [-0.4, -0.2) is 64.1 Å². The minimum absolute atomic E-state index is 0.197. The first-order valence-corrected chi connectivity index (χ1v) is 12.5. The molecule has 8 nitrogen and oxygen atoms in total. The number of morpholine rings is 1. The maximum absolute atomic E-state index is 12.8. The number of amides is 1. The molecule has 4 rings (SSSR count). The fourth-order valence-corrected chi connectivity index (χ4v) is 5.53. The third-order valence-electron chi connectivity index (χ3n) is 5.82. The van der Waals surface area contributed by atoms with Crippen molar-refractivity contribution in [2.45, 2.75) is 30.7 Å². The Hall–Kier alpha value is -2.62. The quantitative estimate of drug-likeness (QED) is 0.663. The number of carbonyl (C=O) groups is 1. The van der Waals surface area contributed by atoms with Crippen LogP contribution in [0, 0.1) is 0 Å². The van der Waals surface area contributed by atoms with E-state index in [1.807, 2.05) is 24.3 Å². The van der Waals surface area contributed by atoms with Crippen LogP contribution < -0.4 is 15.5 Å². The molecule has 172 valence electrons. The topological polar surface area (TPSA) is 91.0 Å². The van der Waals surface area contributed by atoms with E-state index < -0.39 is 16.1 Å². The summed E-state index contributed by atoms with van der Waals surface area (Å²) >= 11 is 0. The van der Waals surface area contributed by atoms with Gasteiger partial charge in [-0.25, -0.2) is 8.42 Å². The van der Waals surface area contributed by atoms with Crippen molar-refractivity contribution in [2.75, 3.05) is 54.9 Å². The van der Waals surface area contributed by atoms with Crippen LogP contribution in [0.15, 0.2) is 53.4 Å². The van der Waals surface area contributed by atoms with Crippen molar-refractivity contribution >= 4 is 33.0 Å². The molecule has 0 radical (unpaired) electrons. The lowest BCUT2D eigenvalue weighted by Crippen LogP contribution is -2.36. The zero-order chi connectivity index (χ0) is 22.6. The Morgan fingerprint density at radius 2 is 1.66 bits per heavy atom. The molecule has 0 aromatic heterocycles. The van der Waals surface area contributed by atoms with Crippen LogP contribution in [0.3, 0.4) is 0 Å². The van der Waals surface area contributed by atoms with Crippen LogP contribution in [0.1, 0.15) is 19.8 Å². The summed E-state index contributed by atoms with van der Waals surface area (Å²) in [6.45, 7) is 6.04. The molecule has 1 atom stereocenters. The number of carbonyl (C=O) groups excluding carboxylic acids is 1. The molecule has 0 aliphatic carbocycles. The minimum atomic E-state index is -3.50. The van der Waals surface area contributed by atoms with Crippen LogP contribution >= 0.6 is 0 Å². The SMILES string of the molecule is C[C@H](Nc1cccc(S(=O)(=O)N2CCCC2)c1)C(=O)Nc1ccc(N2CCOCC2)cc1. The van der Waals surface area contributed by atoms with Crippen molar-refractivity contribution < 1.29 is 17.9 Å². The molecule has 1 amide bonds. The smallest absolute Gasteiger partial charge is 0.246 e. The molecule has 2 aliphatic rings. The molecule has 2 heterocycles. The number of benzene rings is 2.